The number of nitrogens with one attached hydrogen (secondary N) is 1. The summed E-state index contributed by atoms with van der Waals surface area (Å²) in [4.78, 5) is 24.2. The van der Waals surface area contributed by atoms with Gasteiger partial charge in [-0.3, -0.25) is 19.1 Å². The smallest absolute Gasteiger partial charge is 0.691 e. The second-order valence-electron chi connectivity index (χ2n) is 8.55. The van der Waals surface area contributed by atoms with Crippen molar-refractivity contribution in [2.24, 2.45) is 10.2 Å². The second-order valence-corrected chi connectivity index (χ2v) is 11.9. The maximum absolute atomic E-state index is 12.8. The third kappa shape index (κ3) is 13.4. The van der Waals surface area contributed by atoms with Crippen molar-refractivity contribution in [1.29, 1.82) is 0 Å². The fourth-order valence-corrected chi connectivity index (χ4v) is 5.75. The van der Waals surface area contributed by atoms with E-state index in [1.807, 2.05) is 0 Å². The Morgan fingerprint density at radius 1 is 0.878 bits per heavy atom. The second kappa shape index (κ2) is 23.4. The zero-order chi connectivity index (χ0) is 32.4. The molecule has 16 nitrogen and oxygen atoms in total. The molecule has 0 radical (unpaired) electrons. The molecule has 0 aromatic heterocycles. The Labute approximate surface area is 355 Å². The molecule has 0 fully saturated rings. The number of aromatic carboxylic acids is 1. The van der Waals surface area contributed by atoms with Gasteiger partial charge in [-0.1, -0.05) is 25.6 Å². The average Bonchev–Trinajstić information content (AvgIpc) is 3.03. The normalized spacial score (nSPS) is 10.7. The Morgan fingerprint density at radius 3 is 2.16 bits per heavy atom. The predicted molar refractivity (Wildman–Crippen MR) is 157 cm³/mol. The average molecular weight is 762 g/mol. The number of carbonyl (C=O) groups excluding carboxylic acids is 2. The van der Waals surface area contributed by atoms with E-state index in [1.54, 1.807) is 0 Å². The molecule has 2 N–H and O–H groups in total. The van der Waals surface area contributed by atoms with Gasteiger partial charge in [0.15, 0.2) is 27.9 Å². The number of carboxylic acid groups (broad SMARTS) is 1. The monoisotopic (exact) mass is 761 g/mol. The zero-order valence-corrected chi connectivity index (χ0v) is 33.8. The number of azo groups is 1. The molecular weight excluding hydrogens is 739 g/mol. The van der Waals surface area contributed by atoms with Gasteiger partial charge in [0.05, 0.1) is 45.9 Å². The molecule has 0 bridgehead atoms. The van der Waals surface area contributed by atoms with Crippen LogP contribution in [0.25, 0.3) is 10.8 Å². The number of amides is 1. The van der Waals surface area contributed by atoms with Gasteiger partial charge >= 0.3 is 88.7 Å². The Kier molecular flexibility index (Phi) is 22.9. The van der Waals surface area contributed by atoms with E-state index in [1.165, 1.54) is 72.8 Å². The van der Waals surface area contributed by atoms with E-state index in [4.69, 9.17) is 4.18 Å². The molecule has 0 aliphatic heterocycles. The summed E-state index contributed by atoms with van der Waals surface area (Å²) in [5.41, 5.74) is -0.0914. The summed E-state index contributed by atoms with van der Waals surface area (Å²) in [5, 5.41) is 60.4. The van der Waals surface area contributed by atoms with Crippen molar-refractivity contribution in [3.8, 4) is 5.75 Å². The number of carboxylic acids is 1. The van der Waals surface area contributed by atoms with Gasteiger partial charge in [0.1, 0.15) is 5.69 Å². The predicted octanol–water partition coefficient (Wildman–Crippen LogP) is -5.97. The third-order valence-corrected chi connectivity index (χ3v) is 8.54. The quantitative estimate of drug-likeness (QED) is 0.0286. The number of fused-ring (bicyclic) bond motifs is 1. The summed E-state index contributed by atoms with van der Waals surface area (Å²) in [6, 6.07) is 16.6. The van der Waals surface area contributed by atoms with Crippen LogP contribution >= 0.6 is 24.4 Å². The van der Waals surface area contributed by atoms with Crippen LogP contribution in [-0.2, 0) is 32.8 Å². The van der Waals surface area contributed by atoms with Crippen molar-refractivity contribution in [1.82, 2.24) is 0 Å². The number of rotatable bonds is 15. The molecule has 244 valence electrons. The molecule has 1 amide bonds. The molecule has 0 heterocycles. The maximum Gasteiger partial charge on any atom is 1.00 e. The summed E-state index contributed by atoms with van der Waals surface area (Å²) >= 11 is 0.604. The summed E-state index contributed by atoms with van der Waals surface area (Å²) in [7, 11) is -3.76. The van der Waals surface area contributed by atoms with Gasteiger partial charge in [-0.25, -0.2) is 8.42 Å². The Balaban J connectivity index is 0.00000576. The van der Waals surface area contributed by atoms with Crippen molar-refractivity contribution in [3.05, 3.63) is 83.9 Å². The molecule has 0 atom stereocenters. The van der Waals surface area contributed by atoms with E-state index in [0.29, 0.717) is 17.4 Å². The third-order valence-electron chi connectivity index (χ3n) is 5.85. The number of hydrogen-bond acceptors (Lipinski definition) is 17. The number of anilines is 1. The van der Waals surface area contributed by atoms with Crippen LogP contribution in [0.15, 0.2) is 92.8 Å². The van der Waals surface area contributed by atoms with Gasteiger partial charge in [-0.05, 0) is 60.0 Å². The standard InChI is InChI=1S/C26H21N3O13S3.CH4.3Na/c30-24-19-10-7-17(27-25(31)20-3-1-2-4-21(20)26(32)33)13-15(19)14-22(43-41-39-34)23(24)29-28-16-5-8-18(9-6-16)45(36,37)12-11-38-44-42-40-35;;;;/h1-10,13-14,30,34-35H,11-12H2,(H,27,31)(H,32,33);1H4;;;/q;;3*+1/p-3. The molecule has 4 aromatic carbocycles. The van der Waals surface area contributed by atoms with Crippen LogP contribution in [0.2, 0.25) is 0 Å². The molecule has 49 heavy (non-hydrogen) atoms. The molecule has 22 heteroatoms. The van der Waals surface area contributed by atoms with E-state index in [0.717, 1.165) is 0 Å². The number of benzene rings is 4. The number of phenols is 1. The summed E-state index contributed by atoms with van der Waals surface area (Å²) < 4.78 is 37.9. The van der Waals surface area contributed by atoms with Crippen molar-refractivity contribution in [2.75, 3.05) is 17.7 Å². The van der Waals surface area contributed by atoms with Gasteiger partial charge in [0.2, 0.25) is 0 Å². The minimum absolute atomic E-state index is 0. The Bertz CT molecular complexity index is 1840. The molecule has 4 aromatic rings. The number of aromatic hydroxyl groups is 1. The SMILES string of the molecule is C.O=C([O-])c1ccccc1C(=O)Nc1ccc2c(O)c(N=Nc3ccc(S(=O)(=O)CCOSOO[O-])cc3)c(SOO[O-])cc2c1.[Na+].[Na+].[Na+]. The van der Waals surface area contributed by atoms with E-state index >= 15 is 0 Å². The van der Waals surface area contributed by atoms with E-state index in [9.17, 15) is 38.7 Å². The molecule has 0 unspecified atom stereocenters. The number of sulfone groups is 1. The van der Waals surface area contributed by atoms with Crippen LogP contribution in [0.3, 0.4) is 0 Å². The van der Waals surface area contributed by atoms with Gasteiger partial charge in [0.25, 0.3) is 5.91 Å². The summed E-state index contributed by atoms with van der Waals surface area (Å²) in [6.07, 6.45) is 0. The molecule has 0 saturated carbocycles. The first-order valence-electron chi connectivity index (χ1n) is 12.2. The largest absolute Gasteiger partial charge is 1.00 e. The topological polar surface area (TPSA) is 241 Å². The first-order chi connectivity index (χ1) is 21.6. The van der Waals surface area contributed by atoms with Gasteiger partial charge in [-0.15, -0.1) is 9.45 Å². The Hall–Kier alpha value is -1.15. The summed E-state index contributed by atoms with van der Waals surface area (Å²) in [6.45, 7) is -0.293. The van der Waals surface area contributed by atoms with E-state index in [2.05, 4.69) is 34.3 Å². The first-order valence-corrected chi connectivity index (χ1v) is 15.2. The molecule has 0 spiro atoms. The fourth-order valence-electron chi connectivity index (χ4n) is 3.85. The van der Waals surface area contributed by atoms with E-state index < -0.39 is 27.5 Å². The first kappa shape index (κ1) is 47.8. The van der Waals surface area contributed by atoms with Crippen molar-refractivity contribution < 1.29 is 150 Å². The van der Waals surface area contributed by atoms with Gasteiger partial charge in [0, 0.05) is 22.2 Å². The molecular formula is C27H22N3Na3O13S3. The van der Waals surface area contributed by atoms with Gasteiger partial charge < -0.3 is 30.8 Å². The van der Waals surface area contributed by atoms with Crippen LogP contribution in [0.4, 0.5) is 17.1 Å². The molecule has 4 rings (SSSR count). The Morgan fingerprint density at radius 2 is 1.53 bits per heavy atom. The number of hydrogen-bond donors (Lipinski definition) is 2. The van der Waals surface area contributed by atoms with Crippen LogP contribution in [0, 0.1) is 0 Å². The summed E-state index contributed by atoms with van der Waals surface area (Å²) in [5.74, 6) is -3.03. The van der Waals surface area contributed by atoms with Crippen molar-refractivity contribution in [3.63, 3.8) is 0 Å². The van der Waals surface area contributed by atoms with E-state index in [-0.39, 0.29) is 164 Å². The van der Waals surface area contributed by atoms with Crippen LogP contribution in [-0.4, -0.2) is 37.8 Å². The minimum atomic E-state index is -3.76. The van der Waals surface area contributed by atoms with Crippen molar-refractivity contribution >= 4 is 73.9 Å². The fraction of sp³-hybridized carbons (Fsp3) is 0.111. The van der Waals surface area contributed by atoms with Crippen LogP contribution < -0.4 is 110 Å². The van der Waals surface area contributed by atoms with Crippen molar-refractivity contribution in [2.45, 2.75) is 17.2 Å². The minimum Gasteiger partial charge on any atom is -0.691 e. The zero-order valence-electron chi connectivity index (χ0n) is 25.3. The van der Waals surface area contributed by atoms with Gasteiger partial charge in [-0.2, -0.15) is 9.45 Å². The molecule has 0 aliphatic rings. The number of nitrogens with zero attached hydrogens (tertiary/aromatic N) is 2. The van der Waals surface area contributed by atoms with Crippen LogP contribution in [0.5, 0.6) is 5.75 Å². The number of phenolic OH excluding ortho intramolecular Hbond substituents is 1. The number of carbonyl (C=O) groups is 2. The molecule has 0 aliphatic carbocycles. The maximum atomic E-state index is 12.8. The molecule has 0 saturated heterocycles. The van der Waals surface area contributed by atoms with Crippen LogP contribution in [0.1, 0.15) is 28.1 Å².